The van der Waals surface area contributed by atoms with E-state index in [4.69, 9.17) is 75.2 Å². The summed E-state index contributed by atoms with van der Waals surface area (Å²) in [6.45, 7) is 33.0. The number of pyridine rings is 9. The summed E-state index contributed by atoms with van der Waals surface area (Å²) in [5.41, 5.74) is 12.6. The van der Waals surface area contributed by atoms with Gasteiger partial charge in [-0.1, -0.05) is 119 Å². The van der Waals surface area contributed by atoms with Gasteiger partial charge < -0.3 is 46.6 Å². The number of nitrogen functional groups attached to an aromatic ring is 3. The molecule has 6 N–H and O–H groups in total. The van der Waals surface area contributed by atoms with Crippen LogP contribution in [0.5, 0.6) is 0 Å². The molecule has 0 saturated carbocycles. The Morgan fingerprint density at radius 2 is 0.701 bits per heavy atom. The van der Waals surface area contributed by atoms with Gasteiger partial charge in [0.15, 0.2) is 58.2 Å². The molecule has 9 aromatic heterocycles. The molecule has 3 fully saturated rings. The minimum Gasteiger partial charge on any atom is -0.397 e. The molecule has 3 aliphatic heterocycles. The number of halogens is 15. The topological polar surface area (TPSA) is 363 Å². The molecular weight excluding hydrogens is 1900 g/mol. The van der Waals surface area contributed by atoms with Crippen LogP contribution in [0.25, 0.3) is 83.9 Å². The quantitative estimate of drug-likeness (QED) is 0.0282. The standard InChI is InChI=1S/C32H28Cl2F3N7O2.C32H28ClF4N7O2.C31H26Cl2F3N7O2/c1-6-20(45)43-10-9-42(13-16(43)5)30-17-11-19(33)28(21-23(35)22(34)24(36)25(37)26(21)39)41-31(17)44(32(46)18(30)12-38)29-15(4)7-8-40-27(29)14(2)3;1-6-20(45)43-10-9-42(13-16(43)5)30-17-11-19(33)28(21-22(34)23(35)24(36)25(37)26(21)39)41-31(17)44(32(46)18(30)12-38)29-15(4)7-8-40-27(29)14(2)3;1-5-19(44)41-8-10-42(11-9-41)29-16-12-18(32)27(20-22(34)24(36)23(35)21(33)25(20)38)40-30(16)43(31(45)17(29)13-37)28-15(4)6-7-39-26(28)14(2)3/h2*6-8,11,14,16H,1,9-10,13,39H2,2-5H3;5-7,12,14H,1,8-11,38H2,2-4H3/t2*16-;/m11./s1. The molecule has 0 radical (unpaired) electrons. The van der Waals surface area contributed by atoms with Crippen LogP contribution in [0.3, 0.4) is 0 Å². The Morgan fingerprint density at radius 1 is 0.409 bits per heavy atom. The molecule has 12 aromatic rings. The van der Waals surface area contributed by atoms with Gasteiger partial charge in [-0.15, -0.1) is 0 Å². The van der Waals surface area contributed by atoms with Crippen LogP contribution in [0.2, 0.25) is 25.1 Å². The fourth-order valence-electron chi connectivity index (χ4n) is 17.2. The number of amides is 3. The Labute approximate surface area is 800 Å². The molecule has 27 nitrogen and oxygen atoms in total. The largest absolute Gasteiger partial charge is 0.397 e. The van der Waals surface area contributed by atoms with Gasteiger partial charge in [-0.3, -0.25) is 57.4 Å². The normalized spacial score (nSPS) is 14.5. The highest BCUT2D eigenvalue weighted by Crippen LogP contribution is 2.48. The highest BCUT2D eigenvalue weighted by Gasteiger charge is 2.40. The molecule has 137 heavy (non-hydrogen) atoms. The smallest absolute Gasteiger partial charge is 0.276 e. The van der Waals surface area contributed by atoms with Crippen molar-refractivity contribution >= 4 is 143 Å². The predicted molar refractivity (Wildman–Crippen MR) is 506 cm³/mol. The lowest BCUT2D eigenvalue weighted by Crippen LogP contribution is -2.54. The Bertz CT molecular complexity index is 7140. The molecule has 0 bridgehead atoms. The van der Waals surface area contributed by atoms with Crippen LogP contribution in [0.4, 0.5) is 78.0 Å². The lowest BCUT2D eigenvalue weighted by molar-refractivity contribution is -0.129. The fourth-order valence-corrected chi connectivity index (χ4v) is 18.3. The van der Waals surface area contributed by atoms with Crippen LogP contribution in [0.1, 0.15) is 124 Å². The number of rotatable bonds is 15. The van der Waals surface area contributed by atoms with Crippen LogP contribution in [0, 0.1) is 113 Å². The molecule has 3 aliphatic rings. The number of hydrogen-bond donors (Lipinski definition) is 3. The van der Waals surface area contributed by atoms with Gasteiger partial charge in [-0.05, 0) is 124 Å². The first kappa shape index (κ1) is 100. The summed E-state index contributed by atoms with van der Waals surface area (Å²) < 4.78 is 151. The van der Waals surface area contributed by atoms with E-state index in [1.54, 1.807) is 93.9 Å². The van der Waals surface area contributed by atoms with Crippen molar-refractivity contribution in [2.75, 3.05) is 97.3 Å². The first-order valence-electron chi connectivity index (χ1n) is 42.2. The van der Waals surface area contributed by atoms with Crippen LogP contribution in [-0.4, -0.2) is 154 Å². The van der Waals surface area contributed by atoms with Gasteiger partial charge in [0.2, 0.25) is 17.7 Å². The van der Waals surface area contributed by atoms with Crippen molar-refractivity contribution in [2.45, 2.75) is 106 Å². The molecule has 15 rings (SSSR count). The van der Waals surface area contributed by atoms with Gasteiger partial charge in [0.25, 0.3) is 16.7 Å². The lowest BCUT2D eigenvalue weighted by atomic mass is 10.0. The van der Waals surface area contributed by atoms with Crippen molar-refractivity contribution in [3.8, 4) is 69.0 Å². The second kappa shape index (κ2) is 39.6. The summed E-state index contributed by atoms with van der Waals surface area (Å²) in [6.07, 6.45) is 8.34. The van der Waals surface area contributed by atoms with Crippen molar-refractivity contribution in [1.29, 1.82) is 15.8 Å². The maximum absolute atomic E-state index is 15.5. The van der Waals surface area contributed by atoms with Gasteiger partial charge in [-0.25, -0.2) is 58.9 Å². The van der Waals surface area contributed by atoms with Gasteiger partial charge in [0.05, 0.1) is 117 Å². The van der Waals surface area contributed by atoms with E-state index in [2.05, 4.69) is 49.6 Å². The Hall–Kier alpha value is -14.2. The van der Waals surface area contributed by atoms with E-state index in [0.717, 1.165) is 4.57 Å². The van der Waals surface area contributed by atoms with Crippen LogP contribution < -0.4 is 48.6 Å². The Morgan fingerprint density at radius 3 is 1.02 bits per heavy atom. The van der Waals surface area contributed by atoms with E-state index in [1.807, 2.05) is 66.7 Å². The summed E-state index contributed by atoms with van der Waals surface area (Å²) in [6, 6.07) is 14.4. The van der Waals surface area contributed by atoms with Crippen LogP contribution >= 0.6 is 58.0 Å². The number of benzene rings is 3. The van der Waals surface area contributed by atoms with E-state index >= 15 is 13.2 Å². The number of nitriles is 3. The number of piperazine rings is 3. The Balaban J connectivity index is 0.000000174. The van der Waals surface area contributed by atoms with Crippen molar-refractivity contribution in [1.82, 2.24) is 58.3 Å². The minimum atomic E-state index is -2.12. The second-order valence-corrected chi connectivity index (χ2v) is 35.2. The highest BCUT2D eigenvalue weighted by molar-refractivity contribution is 6.37. The number of fused-ring (bicyclic) bond motifs is 3. The lowest BCUT2D eigenvalue weighted by Gasteiger charge is -2.41. The fraction of sp³-hybridized carbons (Fsp3) is 0.274. The molecule has 0 aliphatic carbocycles. The third-order valence-corrected chi connectivity index (χ3v) is 25.4. The van der Waals surface area contributed by atoms with E-state index in [-0.39, 0.29) is 201 Å². The number of hydrogen-bond acceptors (Lipinski definition) is 21. The summed E-state index contributed by atoms with van der Waals surface area (Å²) >= 11 is 31.6. The number of anilines is 6. The number of carbonyl (C=O) groups is 3. The number of nitrogens with two attached hydrogens (primary N) is 3. The van der Waals surface area contributed by atoms with Gasteiger partial charge >= 0.3 is 0 Å². The minimum absolute atomic E-state index is 0.0735. The van der Waals surface area contributed by atoms with Gasteiger partial charge in [0.1, 0.15) is 61.9 Å². The molecule has 12 heterocycles. The van der Waals surface area contributed by atoms with E-state index in [1.165, 1.54) is 45.6 Å². The third-order valence-electron chi connectivity index (χ3n) is 23.8. The summed E-state index contributed by atoms with van der Waals surface area (Å²) in [4.78, 5) is 117. The average Bonchev–Trinajstić information content (AvgIpc) is 0.727. The number of nitrogens with zero attached hydrogens (tertiary/aromatic N) is 18. The Kier molecular flexibility index (Phi) is 29.0. The summed E-state index contributed by atoms with van der Waals surface area (Å²) in [7, 11) is 0. The second-order valence-electron chi connectivity index (χ2n) is 33.3. The zero-order valence-electron chi connectivity index (χ0n) is 74.9. The molecule has 42 heteroatoms. The van der Waals surface area contributed by atoms with Gasteiger partial charge in [0, 0.05) is 112 Å². The first-order chi connectivity index (χ1) is 64.8. The number of carbonyl (C=O) groups excluding carboxylic acids is 3. The molecule has 3 saturated heterocycles. The van der Waals surface area contributed by atoms with Gasteiger partial charge in [-0.2, -0.15) is 15.8 Å². The molecule has 708 valence electrons. The maximum Gasteiger partial charge on any atom is 0.276 e. The van der Waals surface area contributed by atoms with Crippen LogP contribution in [-0.2, 0) is 14.4 Å². The van der Waals surface area contributed by atoms with E-state index in [9.17, 15) is 75.3 Å². The highest BCUT2D eigenvalue weighted by atomic mass is 35.5. The number of aryl methyl sites for hydroxylation is 3. The summed E-state index contributed by atoms with van der Waals surface area (Å²) in [5.74, 6) is -19.2. The molecular formula is C95H82Cl5F10N21O6. The number of aromatic nitrogens is 9. The van der Waals surface area contributed by atoms with Crippen molar-refractivity contribution in [3.63, 3.8) is 0 Å². The zero-order valence-corrected chi connectivity index (χ0v) is 78.7. The van der Waals surface area contributed by atoms with Crippen LogP contribution in [0.15, 0.2) is 107 Å². The zero-order chi connectivity index (χ0) is 100. The summed E-state index contributed by atoms with van der Waals surface area (Å²) in [5, 5.41) is 29.0. The average molecular weight is 1980 g/mol. The van der Waals surface area contributed by atoms with E-state index in [0.29, 0.717) is 45.1 Å². The molecule has 3 aromatic carbocycles. The third kappa shape index (κ3) is 17.5. The molecule has 0 unspecified atom stereocenters. The first-order valence-corrected chi connectivity index (χ1v) is 44.0. The predicted octanol–water partition coefficient (Wildman–Crippen LogP) is 17.9. The maximum atomic E-state index is 15.5. The SMILES string of the molecule is C=CC(=O)N1CCN(c2c(C#N)c(=O)n(-c3c(C)ccnc3C(C)C)c3nc(-c4c(N)c(Cl)c(F)c(F)c4F)c(Cl)cc23)CC1.C=CC(=O)N1CCN(c2c(C#N)c(=O)n(-c3c(C)ccnc3C(C)C)c3nc(-c4c(N)c(F)c(F)c(Cl)c4F)c(Cl)cc23)C[C@H]1C.C=CC(=O)N1CCN(c2c(C#N)c(=O)n(-c3c(C)ccnc3C(C)C)c3nc(-c4c(N)c(F)c(F)c(F)c4F)c(Cl)cc23)C[C@H]1C. The molecule has 0 spiro atoms. The van der Waals surface area contributed by atoms with Crippen molar-refractivity contribution < 1.29 is 58.3 Å². The molecule has 2 atom stereocenters. The monoisotopic (exact) mass is 1980 g/mol. The van der Waals surface area contributed by atoms with E-state index < -0.39 is 136 Å². The van der Waals surface area contributed by atoms with Crippen molar-refractivity contribution in [2.24, 2.45) is 0 Å². The van der Waals surface area contributed by atoms with Crippen molar-refractivity contribution in [3.05, 3.63) is 258 Å². The molecule has 3 amide bonds.